The van der Waals surface area contributed by atoms with Crippen LogP contribution in [0.15, 0.2) is 42.0 Å². The molecule has 2 heterocycles. The minimum Gasteiger partial charge on any atom is -0.379 e. The Bertz CT molecular complexity index is 701. The number of hydrogen-bond acceptors (Lipinski definition) is 4. The topological polar surface area (TPSA) is 58.4 Å². The highest BCUT2D eigenvalue weighted by Gasteiger charge is 2.02. The van der Waals surface area contributed by atoms with Gasteiger partial charge in [0.25, 0.3) is 0 Å². The molecule has 0 radical (unpaired) electrons. The number of thiazole rings is 1. The maximum absolute atomic E-state index is 10.9. The molecule has 5 nitrogen and oxygen atoms in total. The van der Waals surface area contributed by atoms with Crippen LogP contribution in [0.4, 0.5) is 11.4 Å². The highest BCUT2D eigenvalue weighted by molar-refractivity contribution is 7.15. The second kappa shape index (κ2) is 5.34. The molecule has 3 rings (SSSR count). The number of nitrogens with one attached hydrogen (secondary N) is 2. The van der Waals surface area contributed by atoms with E-state index < -0.39 is 0 Å². The Kier molecular flexibility index (Phi) is 3.39. The lowest BCUT2D eigenvalue weighted by molar-refractivity contribution is -0.114. The van der Waals surface area contributed by atoms with Crippen LogP contribution in [0.1, 0.15) is 12.6 Å². The average molecular weight is 286 g/mol. The maximum Gasteiger partial charge on any atom is 0.221 e. The first-order chi connectivity index (χ1) is 9.70. The molecular formula is C14H14N4OS. The Morgan fingerprint density at radius 2 is 2.05 bits per heavy atom. The number of fused-ring (bicyclic) bond motifs is 1. The zero-order chi connectivity index (χ0) is 13.9. The van der Waals surface area contributed by atoms with Crippen LogP contribution < -0.4 is 10.6 Å². The molecule has 0 fully saturated rings. The second-order valence-corrected chi connectivity index (χ2v) is 5.31. The minimum atomic E-state index is -0.0659. The molecule has 0 aliphatic carbocycles. The van der Waals surface area contributed by atoms with Crippen LogP contribution in [-0.2, 0) is 11.3 Å². The lowest BCUT2D eigenvalue weighted by Gasteiger charge is -2.06. The smallest absolute Gasteiger partial charge is 0.221 e. The average Bonchev–Trinajstić information content (AvgIpc) is 2.98. The molecule has 2 N–H and O–H groups in total. The lowest BCUT2D eigenvalue weighted by atomic mass is 10.2. The van der Waals surface area contributed by atoms with Crippen molar-refractivity contribution in [2.24, 2.45) is 0 Å². The van der Waals surface area contributed by atoms with Crippen molar-refractivity contribution in [1.82, 2.24) is 9.38 Å². The molecule has 1 aromatic carbocycles. The van der Waals surface area contributed by atoms with E-state index in [1.54, 1.807) is 11.3 Å². The first-order valence-electron chi connectivity index (χ1n) is 6.23. The van der Waals surface area contributed by atoms with Crippen LogP contribution in [0.2, 0.25) is 0 Å². The van der Waals surface area contributed by atoms with Crippen molar-refractivity contribution in [3.05, 3.63) is 47.7 Å². The zero-order valence-electron chi connectivity index (χ0n) is 11.0. The fourth-order valence-corrected chi connectivity index (χ4v) is 2.65. The number of carbonyl (C=O) groups is 1. The van der Waals surface area contributed by atoms with Crippen molar-refractivity contribution in [2.75, 3.05) is 10.6 Å². The first kappa shape index (κ1) is 12.7. The van der Waals surface area contributed by atoms with Crippen molar-refractivity contribution in [2.45, 2.75) is 13.5 Å². The highest BCUT2D eigenvalue weighted by Crippen LogP contribution is 2.16. The van der Waals surface area contributed by atoms with Gasteiger partial charge >= 0.3 is 0 Å². The van der Waals surface area contributed by atoms with E-state index in [1.807, 2.05) is 46.4 Å². The molecule has 1 amide bonds. The number of imidazole rings is 1. The summed E-state index contributed by atoms with van der Waals surface area (Å²) in [5.74, 6) is -0.0659. The van der Waals surface area contributed by atoms with E-state index >= 15 is 0 Å². The summed E-state index contributed by atoms with van der Waals surface area (Å²) in [5.41, 5.74) is 2.80. The summed E-state index contributed by atoms with van der Waals surface area (Å²) < 4.78 is 2.02. The van der Waals surface area contributed by atoms with Gasteiger partial charge in [0.15, 0.2) is 4.96 Å². The van der Waals surface area contributed by atoms with Crippen molar-refractivity contribution in [3.63, 3.8) is 0 Å². The fourth-order valence-electron chi connectivity index (χ4n) is 1.93. The molecule has 0 aliphatic heterocycles. The molecule has 102 valence electrons. The summed E-state index contributed by atoms with van der Waals surface area (Å²) in [5, 5.41) is 8.06. The Morgan fingerprint density at radius 3 is 2.75 bits per heavy atom. The van der Waals surface area contributed by atoms with Gasteiger partial charge in [-0.05, 0) is 24.3 Å². The van der Waals surface area contributed by atoms with Gasteiger partial charge in [-0.3, -0.25) is 9.20 Å². The molecule has 0 atom stereocenters. The molecule has 2 aromatic heterocycles. The van der Waals surface area contributed by atoms with Crippen LogP contribution in [0.3, 0.4) is 0 Å². The molecule has 0 unspecified atom stereocenters. The monoisotopic (exact) mass is 286 g/mol. The second-order valence-electron chi connectivity index (χ2n) is 4.44. The van der Waals surface area contributed by atoms with Crippen molar-refractivity contribution in [3.8, 4) is 0 Å². The summed E-state index contributed by atoms with van der Waals surface area (Å²) in [6.07, 6.45) is 4.02. The van der Waals surface area contributed by atoms with E-state index in [-0.39, 0.29) is 5.91 Å². The molecule has 0 saturated heterocycles. The highest BCUT2D eigenvalue weighted by atomic mass is 32.1. The summed E-state index contributed by atoms with van der Waals surface area (Å²) in [7, 11) is 0. The predicted molar refractivity (Wildman–Crippen MR) is 81.1 cm³/mol. The molecule has 0 spiro atoms. The van der Waals surface area contributed by atoms with Gasteiger partial charge in [-0.15, -0.1) is 11.3 Å². The Balaban J connectivity index is 1.63. The first-order valence-corrected chi connectivity index (χ1v) is 7.11. The van der Waals surface area contributed by atoms with Gasteiger partial charge in [0.1, 0.15) is 0 Å². The third kappa shape index (κ3) is 2.80. The van der Waals surface area contributed by atoms with E-state index in [9.17, 15) is 4.79 Å². The number of hydrogen-bond donors (Lipinski definition) is 2. The van der Waals surface area contributed by atoms with Crippen LogP contribution in [0.5, 0.6) is 0 Å². The SMILES string of the molecule is CC(=O)Nc1ccc(NCc2cn3ccsc3n2)cc1. The van der Waals surface area contributed by atoms with Gasteiger partial charge in [-0.25, -0.2) is 4.98 Å². The third-order valence-corrected chi connectivity index (χ3v) is 3.59. The summed E-state index contributed by atoms with van der Waals surface area (Å²) in [6, 6.07) is 7.61. The molecule has 6 heteroatoms. The molecular weight excluding hydrogens is 272 g/mol. The van der Waals surface area contributed by atoms with Crippen LogP contribution in [0.25, 0.3) is 4.96 Å². The normalized spacial score (nSPS) is 10.7. The van der Waals surface area contributed by atoms with E-state index in [1.165, 1.54) is 6.92 Å². The third-order valence-electron chi connectivity index (χ3n) is 2.82. The molecule has 0 aliphatic rings. The van der Waals surface area contributed by atoms with E-state index in [4.69, 9.17) is 0 Å². The van der Waals surface area contributed by atoms with Gasteiger partial charge < -0.3 is 10.6 Å². The largest absolute Gasteiger partial charge is 0.379 e. The van der Waals surface area contributed by atoms with Gasteiger partial charge in [-0.1, -0.05) is 0 Å². The number of nitrogens with zero attached hydrogens (tertiary/aromatic N) is 2. The number of carbonyl (C=O) groups excluding carboxylic acids is 1. The van der Waals surface area contributed by atoms with Crippen molar-refractivity contribution >= 4 is 33.6 Å². The maximum atomic E-state index is 10.9. The standard InChI is InChI=1S/C14H14N4OS/c1-10(19)16-12-4-2-11(3-5-12)15-8-13-9-18-6-7-20-14(18)17-13/h2-7,9,15H,8H2,1H3,(H,16,19). The van der Waals surface area contributed by atoms with Gasteiger partial charge in [0, 0.05) is 36.1 Å². The van der Waals surface area contributed by atoms with E-state index in [0.717, 1.165) is 22.0 Å². The summed E-state index contributed by atoms with van der Waals surface area (Å²) in [4.78, 5) is 16.4. The zero-order valence-corrected chi connectivity index (χ0v) is 11.8. The van der Waals surface area contributed by atoms with Crippen molar-refractivity contribution in [1.29, 1.82) is 0 Å². The van der Waals surface area contributed by atoms with Gasteiger partial charge in [-0.2, -0.15) is 0 Å². The Hall–Kier alpha value is -2.34. The van der Waals surface area contributed by atoms with Crippen LogP contribution in [0, 0.1) is 0 Å². The summed E-state index contributed by atoms with van der Waals surface area (Å²) in [6.45, 7) is 2.17. The van der Waals surface area contributed by atoms with Crippen molar-refractivity contribution < 1.29 is 4.79 Å². The van der Waals surface area contributed by atoms with E-state index in [0.29, 0.717) is 6.54 Å². The van der Waals surface area contributed by atoms with Gasteiger partial charge in [0.2, 0.25) is 5.91 Å². The quantitative estimate of drug-likeness (QED) is 0.775. The molecule has 20 heavy (non-hydrogen) atoms. The Morgan fingerprint density at radius 1 is 1.30 bits per heavy atom. The Labute approximate surface area is 120 Å². The lowest BCUT2D eigenvalue weighted by Crippen LogP contribution is -2.05. The number of anilines is 2. The molecule has 0 bridgehead atoms. The van der Waals surface area contributed by atoms with Gasteiger partial charge in [0.05, 0.1) is 12.2 Å². The fraction of sp³-hybridized carbons (Fsp3) is 0.143. The van der Waals surface area contributed by atoms with Crippen LogP contribution in [-0.4, -0.2) is 15.3 Å². The van der Waals surface area contributed by atoms with Crippen LogP contribution >= 0.6 is 11.3 Å². The number of aromatic nitrogens is 2. The molecule has 0 saturated carbocycles. The predicted octanol–water partition coefficient (Wildman–Crippen LogP) is 2.97. The number of amides is 1. The summed E-state index contributed by atoms with van der Waals surface area (Å²) >= 11 is 1.62. The van der Waals surface area contributed by atoms with E-state index in [2.05, 4.69) is 15.6 Å². The number of rotatable bonds is 4. The minimum absolute atomic E-state index is 0.0659. The number of benzene rings is 1. The molecule has 3 aromatic rings.